The maximum atomic E-state index is 13.0. The molecule has 11 nitrogen and oxygen atoms in total. The van der Waals surface area contributed by atoms with Crippen LogP contribution in [0, 0.1) is 0 Å². The van der Waals surface area contributed by atoms with Crippen LogP contribution in [0.4, 0.5) is 4.79 Å². The molecule has 0 bridgehead atoms. The predicted octanol–water partition coefficient (Wildman–Crippen LogP) is 1.07. The molecule has 3 unspecified atom stereocenters. The Labute approximate surface area is 215 Å². The van der Waals surface area contributed by atoms with Gasteiger partial charge < -0.3 is 31.1 Å². The van der Waals surface area contributed by atoms with Crippen molar-refractivity contribution in [2.24, 2.45) is 0 Å². The van der Waals surface area contributed by atoms with Gasteiger partial charge in [0.2, 0.25) is 17.7 Å². The van der Waals surface area contributed by atoms with E-state index in [9.17, 15) is 29.1 Å². The lowest BCUT2D eigenvalue weighted by atomic mass is 10.0. The molecule has 0 spiro atoms. The van der Waals surface area contributed by atoms with E-state index in [1.165, 1.54) is 18.7 Å². The summed E-state index contributed by atoms with van der Waals surface area (Å²) in [6, 6.07) is 5.73. The lowest BCUT2D eigenvalue weighted by Crippen LogP contribution is -2.56. The van der Waals surface area contributed by atoms with E-state index >= 15 is 0 Å². The van der Waals surface area contributed by atoms with Crippen LogP contribution in [0.1, 0.15) is 39.7 Å². The van der Waals surface area contributed by atoms with Crippen molar-refractivity contribution in [1.82, 2.24) is 21.3 Å². The van der Waals surface area contributed by atoms with Gasteiger partial charge in [0.05, 0.1) is 0 Å². The maximum absolute atomic E-state index is 13.0. The third kappa shape index (κ3) is 12.4. The fourth-order valence-corrected chi connectivity index (χ4v) is 3.42. The number of carbonyl (C=O) groups excluding carboxylic acids is 4. The molecule has 200 valence electrons. The lowest BCUT2D eigenvalue weighted by Gasteiger charge is -2.23. The summed E-state index contributed by atoms with van der Waals surface area (Å²) in [5.74, 6) is -2.55. The van der Waals surface area contributed by atoms with Crippen LogP contribution in [0.15, 0.2) is 30.3 Å². The summed E-state index contributed by atoms with van der Waals surface area (Å²) in [7, 11) is 0. The number of amides is 4. The van der Waals surface area contributed by atoms with Crippen LogP contribution in [-0.2, 0) is 30.3 Å². The molecule has 3 atom stereocenters. The Bertz CT molecular complexity index is 905. The molecule has 0 saturated carbocycles. The zero-order chi connectivity index (χ0) is 27.3. The van der Waals surface area contributed by atoms with Crippen molar-refractivity contribution in [2.45, 2.75) is 64.3 Å². The van der Waals surface area contributed by atoms with Crippen molar-refractivity contribution in [3.05, 3.63) is 35.9 Å². The molecule has 0 saturated heterocycles. The zero-order valence-electron chi connectivity index (χ0n) is 21.3. The highest BCUT2D eigenvalue weighted by atomic mass is 32.2. The second kappa shape index (κ2) is 15.0. The zero-order valence-corrected chi connectivity index (χ0v) is 22.1. The van der Waals surface area contributed by atoms with Crippen LogP contribution in [0.3, 0.4) is 0 Å². The summed E-state index contributed by atoms with van der Waals surface area (Å²) in [4.78, 5) is 61.1. The largest absolute Gasteiger partial charge is 0.480 e. The number of carboxylic acid groups (broad SMARTS) is 1. The molecule has 36 heavy (non-hydrogen) atoms. The Balaban J connectivity index is 2.80. The number of benzene rings is 1. The van der Waals surface area contributed by atoms with Crippen molar-refractivity contribution in [2.75, 3.05) is 18.6 Å². The van der Waals surface area contributed by atoms with E-state index in [-0.39, 0.29) is 12.8 Å². The van der Waals surface area contributed by atoms with Crippen molar-refractivity contribution in [3.8, 4) is 0 Å². The third-order valence-electron chi connectivity index (χ3n) is 4.70. The number of hydrogen-bond acceptors (Lipinski definition) is 7. The number of ether oxygens (including phenoxy) is 1. The van der Waals surface area contributed by atoms with Gasteiger partial charge in [0.25, 0.3) is 0 Å². The van der Waals surface area contributed by atoms with E-state index in [1.807, 2.05) is 12.3 Å². The van der Waals surface area contributed by atoms with Gasteiger partial charge in [-0.25, -0.2) is 9.59 Å². The van der Waals surface area contributed by atoms with Gasteiger partial charge in [0.15, 0.2) is 0 Å². The fraction of sp³-hybridized carbons (Fsp3) is 0.542. The summed E-state index contributed by atoms with van der Waals surface area (Å²) in [6.07, 6.45) is 1.40. The number of nitrogens with one attached hydrogen (secondary N) is 4. The van der Waals surface area contributed by atoms with E-state index in [2.05, 4.69) is 21.3 Å². The quantitative estimate of drug-likeness (QED) is 0.256. The molecule has 4 amide bonds. The smallest absolute Gasteiger partial charge is 0.408 e. The molecule has 5 N–H and O–H groups in total. The third-order valence-corrected chi connectivity index (χ3v) is 5.35. The van der Waals surface area contributed by atoms with Crippen LogP contribution in [-0.4, -0.2) is 77.2 Å². The summed E-state index contributed by atoms with van der Waals surface area (Å²) >= 11 is 1.46. The van der Waals surface area contributed by atoms with Crippen LogP contribution in [0.25, 0.3) is 0 Å². The normalized spacial score (nSPS) is 13.5. The average Bonchev–Trinajstić information content (AvgIpc) is 2.79. The molecule has 0 radical (unpaired) electrons. The van der Waals surface area contributed by atoms with Gasteiger partial charge in [-0.15, -0.1) is 0 Å². The number of aliphatic carboxylic acids is 1. The summed E-state index contributed by atoms with van der Waals surface area (Å²) in [6.45, 7) is 6.07. The summed E-state index contributed by atoms with van der Waals surface area (Å²) in [5.41, 5.74) is 0.0316. The van der Waals surface area contributed by atoms with E-state index < -0.39 is 60.1 Å². The average molecular weight is 525 g/mol. The van der Waals surface area contributed by atoms with Gasteiger partial charge in [-0.2, -0.15) is 11.8 Å². The number of carboxylic acids is 1. The minimum Gasteiger partial charge on any atom is -0.480 e. The van der Waals surface area contributed by atoms with Gasteiger partial charge in [-0.3, -0.25) is 14.4 Å². The molecule has 0 aliphatic carbocycles. The molecular formula is C24H36N4O7S. The molecule has 1 aromatic rings. The highest BCUT2D eigenvalue weighted by Crippen LogP contribution is 2.07. The molecular weight excluding hydrogens is 488 g/mol. The second-order valence-corrected chi connectivity index (χ2v) is 10.1. The number of alkyl carbamates (subject to hydrolysis) is 1. The first kappa shape index (κ1) is 30.8. The number of hydrogen-bond donors (Lipinski definition) is 5. The first-order chi connectivity index (χ1) is 16.8. The molecule has 0 aromatic heterocycles. The molecule has 0 aliphatic heterocycles. The Morgan fingerprint density at radius 3 is 2.14 bits per heavy atom. The first-order valence-electron chi connectivity index (χ1n) is 11.4. The highest BCUT2D eigenvalue weighted by Gasteiger charge is 2.28. The molecule has 0 heterocycles. The fourth-order valence-electron chi connectivity index (χ4n) is 2.95. The standard InChI is InChI=1S/C24H36N4O7S/c1-15(26-19(29)14-25-23(34)35-24(2,3)4)20(30)28-18(13-16-9-7-6-8-10-16)21(31)27-17(22(32)33)11-12-36-5/h6-10,15,17-18H,11-14H2,1-5H3,(H,25,34)(H,26,29)(H,27,31)(H,28,30)(H,32,33). The van der Waals surface area contributed by atoms with Gasteiger partial charge in [-0.1, -0.05) is 30.3 Å². The molecule has 1 aromatic carbocycles. The Morgan fingerprint density at radius 1 is 0.972 bits per heavy atom. The molecule has 1 rings (SSSR count). The van der Waals surface area contributed by atoms with Gasteiger partial charge >= 0.3 is 12.1 Å². The number of rotatable bonds is 13. The van der Waals surface area contributed by atoms with Crippen molar-refractivity contribution in [1.29, 1.82) is 0 Å². The molecule has 0 fully saturated rings. The maximum Gasteiger partial charge on any atom is 0.408 e. The van der Waals surface area contributed by atoms with Gasteiger partial charge in [0.1, 0.15) is 30.3 Å². The SMILES string of the molecule is CSCCC(NC(=O)C(Cc1ccccc1)NC(=O)C(C)NC(=O)CNC(=O)OC(C)(C)C)C(=O)O. The van der Waals surface area contributed by atoms with Crippen molar-refractivity contribution in [3.63, 3.8) is 0 Å². The Hall–Kier alpha value is -3.28. The van der Waals surface area contributed by atoms with E-state index in [1.54, 1.807) is 45.0 Å². The molecule has 0 aliphatic rings. The van der Waals surface area contributed by atoms with Crippen LogP contribution >= 0.6 is 11.8 Å². The van der Waals surface area contributed by atoms with Gasteiger partial charge in [-0.05, 0) is 51.7 Å². The lowest BCUT2D eigenvalue weighted by molar-refractivity contribution is -0.142. The van der Waals surface area contributed by atoms with Crippen molar-refractivity contribution >= 4 is 41.5 Å². The minimum atomic E-state index is -1.17. The highest BCUT2D eigenvalue weighted by molar-refractivity contribution is 7.98. The van der Waals surface area contributed by atoms with Gasteiger partial charge in [0, 0.05) is 6.42 Å². The van der Waals surface area contributed by atoms with Crippen LogP contribution in [0.2, 0.25) is 0 Å². The first-order valence-corrected chi connectivity index (χ1v) is 12.8. The Morgan fingerprint density at radius 2 is 1.58 bits per heavy atom. The van der Waals surface area contributed by atoms with E-state index in [4.69, 9.17) is 4.74 Å². The van der Waals surface area contributed by atoms with Crippen LogP contribution in [0.5, 0.6) is 0 Å². The Kier molecular flexibility index (Phi) is 12.8. The molecule has 12 heteroatoms. The summed E-state index contributed by atoms with van der Waals surface area (Å²) in [5, 5.41) is 19.3. The number of thioether (sulfide) groups is 1. The van der Waals surface area contributed by atoms with E-state index in [0.29, 0.717) is 5.75 Å². The van der Waals surface area contributed by atoms with Crippen molar-refractivity contribution < 1.29 is 33.8 Å². The number of carbonyl (C=O) groups is 5. The monoisotopic (exact) mass is 524 g/mol. The van der Waals surface area contributed by atoms with E-state index in [0.717, 1.165) is 5.56 Å². The summed E-state index contributed by atoms with van der Waals surface area (Å²) < 4.78 is 5.05. The van der Waals surface area contributed by atoms with Crippen LogP contribution < -0.4 is 21.3 Å². The minimum absolute atomic E-state index is 0.119. The second-order valence-electron chi connectivity index (χ2n) is 9.08. The predicted molar refractivity (Wildman–Crippen MR) is 136 cm³/mol. The topological polar surface area (TPSA) is 163 Å².